The molecule has 0 spiro atoms. The quantitative estimate of drug-likeness (QED) is 0.638. The number of aliphatic hydroxyl groups is 1. The molecule has 0 atom stereocenters. The Balaban J connectivity index is 3.01. The molecular weight excluding hydrogens is 186 g/mol. The van der Waals surface area contributed by atoms with Crippen molar-refractivity contribution in [1.82, 2.24) is 9.55 Å². The third-order valence-corrected chi connectivity index (χ3v) is 1.77. The molecule has 6 nitrogen and oxygen atoms in total. The molecule has 0 unspecified atom stereocenters. The largest absolute Gasteiger partial charge is 0.387 e. The average molecular weight is 197 g/mol. The molecule has 0 aliphatic rings. The molecule has 2 N–H and O–H groups in total. The SMILES string of the molecule is Cc1nc(NC(=O)CO)cc(=O)n1C. The van der Waals surface area contributed by atoms with Gasteiger partial charge in [0.05, 0.1) is 0 Å². The summed E-state index contributed by atoms with van der Waals surface area (Å²) in [6, 6.07) is 1.19. The van der Waals surface area contributed by atoms with Crippen LogP contribution in [0, 0.1) is 6.92 Å². The Morgan fingerprint density at radius 3 is 2.86 bits per heavy atom. The number of aromatic nitrogens is 2. The number of rotatable bonds is 2. The van der Waals surface area contributed by atoms with Crippen LogP contribution in [0.2, 0.25) is 0 Å². The maximum atomic E-state index is 11.2. The van der Waals surface area contributed by atoms with E-state index in [0.717, 1.165) is 0 Å². The van der Waals surface area contributed by atoms with Crippen molar-refractivity contribution < 1.29 is 9.90 Å². The van der Waals surface area contributed by atoms with Crippen LogP contribution in [0.1, 0.15) is 5.82 Å². The molecule has 14 heavy (non-hydrogen) atoms. The lowest BCUT2D eigenvalue weighted by atomic mass is 10.5. The van der Waals surface area contributed by atoms with Crippen molar-refractivity contribution in [2.45, 2.75) is 6.92 Å². The van der Waals surface area contributed by atoms with Crippen molar-refractivity contribution >= 4 is 11.7 Å². The lowest BCUT2D eigenvalue weighted by Crippen LogP contribution is -2.23. The minimum Gasteiger partial charge on any atom is -0.387 e. The standard InChI is InChI=1S/C8H11N3O3/c1-5-9-6(10-7(13)4-12)3-8(14)11(5)2/h3,12H,4H2,1-2H3,(H,10,13). The number of aliphatic hydroxyl groups excluding tert-OH is 1. The Bertz CT molecular complexity index is 411. The second-order valence-electron chi connectivity index (χ2n) is 2.79. The van der Waals surface area contributed by atoms with Gasteiger partial charge in [-0.15, -0.1) is 0 Å². The number of nitrogens with zero attached hydrogens (tertiary/aromatic N) is 2. The van der Waals surface area contributed by atoms with Crippen LogP contribution in [-0.4, -0.2) is 27.2 Å². The molecule has 1 aromatic rings. The van der Waals surface area contributed by atoms with Gasteiger partial charge in [0.25, 0.3) is 11.5 Å². The molecule has 0 aliphatic carbocycles. The Morgan fingerprint density at radius 2 is 2.36 bits per heavy atom. The van der Waals surface area contributed by atoms with Crippen molar-refractivity contribution in [1.29, 1.82) is 0 Å². The number of hydrogen-bond acceptors (Lipinski definition) is 4. The summed E-state index contributed by atoms with van der Waals surface area (Å²) in [6.45, 7) is 1.02. The van der Waals surface area contributed by atoms with Gasteiger partial charge in [0.1, 0.15) is 18.2 Å². The first-order valence-corrected chi connectivity index (χ1v) is 4.00. The van der Waals surface area contributed by atoms with E-state index in [1.165, 1.54) is 10.6 Å². The van der Waals surface area contributed by atoms with Gasteiger partial charge in [0.15, 0.2) is 0 Å². The second kappa shape index (κ2) is 4.01. The number of hydrogen-bond donors (Lipinski definition) is 2. The monoisotopic (exact) mass is 197 g/mol. The summed E-state index contributed by atoms with van der Waals surface area (Å²) in [5.74, 6) is 0.0561. The van der Waals surface area contributed by atoms with Crippen molar-refractivity contribution in [3.8, 4) is 0 Å². The molecule has 76 valence electrons. The first-order valence-electron chi connectivity index (χ1n) is 4.00. The van der Waals surface area contributed by atoms with Crippen LogP contribution in [0.15, 0.2) is 10.9 Å². The fourth-order valence-electron chi connectivity index (χ4n) is 0.901. The minimum atomic E-state index is -0.629. The normalized spacial score (nSPS) is 9.93. The maximum absolute atomic E-state index is 11.2. The van der Waals surface area contributed by atoms with Crippen LogP contribution in [0.4, 0.5) is 5.82 Å². The second-order valence-corrected chi connectivity index (χ2v) is 2.79. The summed E-state index contributed by atoms with van der Waals surface area (Å²) < 4.78 is 1.36. The topological polar surface area (TPSA) is 84.2 Å². The Hall–Kier alpha value is -1.69. The van der Waals surface area contributed by atoms with Gasteiger partial charge in [0, 0.05) is 13.1 Å². The van der Waals surface area contributed by atoms with Gasteiger partial charge in [0.2, 0.25) is 0 Å². The molecule has 1 rings (SSSR count). The summed E-state index contributed by atoms with van der Waals surface area (Å²) in [4.78, 5) is 26.0. The molecule has 0 aliphatic heterocycles. The van der Waals surface area contributed by atoms with E-state index in [-0.39, 0.29) is 11.4 Å². The van der Waals surface area contributed by atoms with E-state index in [9.17, 15) is 9.59 Å². The summed E-state index contributed by atoms with van der Waals surface area (Å²) in [7, 11) is 1.59. The molecule has 0 radical (unpaired) electrons. The summed E-state index contributed by atoms with van der Waals surface area (Å²) in [5.41, 5.74) is -0.259. The van der Waals surface area contributed by atoms with E-state index < -0.39 is 12.5 Å². The molecule has 0 aromatic carbocycles. The van der Waals surface area contributed by atoms with E-state index >= 15 is 0 Å². The Kier molecular flexibility index (Phi) is 2.98. The van der Waals surface area contributed by atoms with E-state index in [0.29, 0.717) is 5.82 Å². The number of carbonyl (C=O) groups is 1. The van der Waals surface area contributed by atoms with Crippen LogP contribution in [0.3, 0.4) is 0 Å². The molecule has 6 heteroatoms. The van der Waals surface area contributed by atoms with Crippen molar-refractivity contribution in [3.63, 3.8) is 0 Å². The highest BCUT2D eigenvalue weighted by Gasteiger charge is 2.04. The van der Waals surface area contributed by atoms with Crippen molar-refractivity contribution in [2.75, 3.05) is 11.9 Å². The van der Waals surface area contributed by atoms with Crippen LogP contribution in [0.5, 0.6) is 0 Å². The van der Waals surface area contributed by atoms with Crippen molar-refractivity contribution in [2.24, 2.45) is 7.05 Å². The smallest absolute Gasteiger partial charge is 0.255 e. The van der Waals surface area contributed by atoms with Gasteiger partial charge in [-0.05, 0) is 6.92 Å². The van der Waals surface area contributed by atoms with Crippen molar-refractivity contribution in [3.05, 3.63) is 22.2 Å². The average Bonchev–Trinajstić information content (AvgIpc) is 2.14. The Morgan fingerprint density at radius 1 is 1.71 bits per heavy atom. The fourth-order valence-corrected chi connectivity index (χ4v) is 0.901. The van der Waals surface area contributed by atoms with Crippen LogP contribution < -0.4 is 10.9 Å². The summed E-state index contributed by atoms with van der Waals surface area (Å²) in [6.07, 6.45) is 0. The van der Waals surface area contributed by atoms with E-state index in [1.807, 2.05) is 0 Å². The zero-order chi connectivity index (χ0) is 10.7. The first-order chi connectivity index (χ1) is 6.54. The van der Waals surface area contributed by atoms with E-state index in [1.54, 1.807) is 14.0 Å². The van der Waals surface area contributed by atoms with Crippen LogP contribution in [-0.2, 0) is 11.8 Å². The maximum Gasteiger partial charge on any atom is 0.255 e. The third kappa shape index (κ3) is 2.17. The van der Waals surface area contributed by atoms with E-state index in [2.05, 4.69) is 10.3 Å². The molecule has 0 saturated carbocycles. The van der Waals surface area contributed by atoms with E-state index in [4.69, 9.17) is 5.11 Å². The van der Waals surface area contributed by atoms with Crippen LogP contribution in [0.25, 0.3) is 0 Å². The highest BCUT2D eigenvalue weighted by molar-refractivity contribution is 5.90. The van der Waals surface area contributed by atoms with Gasteiger partial charge < -0.3 is 10.4 Å². The number of anilines is 1. The van der Waals surface area contributed by atoms with Gasteiger partial charge in [-0.2, -0.15) is 0 Å². The molecule has 1 amide bonds. The first kappa shape index (κ1) is 10.4. The number of aryl methyl sites for hydroxylation is 1. The van der Waals surface area contributed by atoms with Gasteiger partial charge in [-0.25, -0.2) is 4.98 Å². The van der Waals surface area contributed by atoms with Gasteiger partial charge >= 0.3 is 0 Å². The molecule has 1 aromatic heterocycles. The number of carbonyl (C=O) groups excluding carboxylic acids is 1. The van der Waals surface area contributed by atoms with Crippen LogP contribution >= 0.6 is 0 Å². The highest BCUT2D eigenvalue weighted by Crippen LogP contribution is 1.98. The minimum absolute atomic E-state index is 0.157. The third-order valence-electron chi connectivity index (χ3n) is 1.77. The molecule has 0 saturated heterocycles. The summed E-state index contributed by atoms with van der Waals surface area (Å²) >= 11 is 0. The number of amides is 1. The molecular formula is C8H11N3O3. The molecule has 1 heterocycles. The molecule has 0 bridgehead atoms. The summed E-state index contributed by atoms with van der Waals surface area (Å²) in [5, 5.41) is 10.8. The fraction of sp³-hybridized carbons (Fsp3) is 0.375. The lowest BCUT2D eigenvalue weighted by molar-refractivity contribution is -0.118. The van der Waals surface area contributed by atoms with Gasteiger partial charge in [-0.3, -0.25) is 14.2 Å². The predicted octanol–water partition coefficient (Wildman–Crippen LogP) is -0.980. The zero-order valence-corrected chi connectivity index (χ0v) is 7.94. The number of nitrogens with one attached hydrogen (secondary N) is 1. The predicted molar refractivity (Wildman–Crippen MR) is 49.9 cm³/mol. The highest BCUT2D eigenvalue weighted by atomic mass is 16.3. The molecule has 0 fully saturated rings. The lowest BCUT2D eigenvalue weighted by Gasteiger charge is -2.05. The zero-order valence-electron chi connectivity index (χ0n) is 7.94. The van der Waals surface area contributed by atoms with Gasteiger partial charge in [-0.1, -0.05) is 0 Å². The Labute approximate surface area is 80.2 Å².